The van der Waals surface area contributed by atoms with E-state index in [9.17, 15) is 0 Å². The molecule has 0 amide bonds. The van der Waals surface area contributed by atoms with Crippen molar-refractivity contribution in [2.75, 3.05) is 7.11 Å². The maximum atomic E-state index is 5.94. The second-order valence-electron chi connectivity index (χ2n) is 4.28. The first-order valence-electron chi connectivity index (χ1n) is 6.28. The van der Waals surface area contributed by atoms with Crippen molar-refractivity contribution in [1.82, 2.24) is 0 Å². The molecule has 92 valence electrons. The summed E-state index contributed by atoms with van der Waals surface area (Å²) in [7, 11) is 2.62. The van der Waals surface area contributed by atoms with Gasteiger partial charge in [-0.2, -0.15) is 0 Å². The van der Waals surface area contributed by atoms with E-state index >= 15 is 0 Å². The van der Waals surface area contributed by atoms with E-state index < -0.39 is 0 Å². The standard InChI is InChI=1S/C12H28O2Si/c1-5-8-11(13-4)12(14-15,9-6-2)10-7-3/h11H,5-10H2,1-4,15H3. The number of hydrogen-bond acceptors (Lipinski definition) is 2. The molecule has 0 saturated heterocycles. The van der Waals surface area contributed by atoms with Gasteiger partial charge in [0, 0.05) is 7.11 Å². The molecule has 3 heteroatoms. The third kappa shape index (κ3) is 4.25. The first-order chi connectivity index (χ1) is 7.20. The van der Waals surface area contributed by atoms with Gasteiger partial charge in [-0.15, -0.1) is 0 Å². The molecule has 15 heavy (non-hydrogen) atoms. The third-order valence-electron chi connectivity index (χ3n) is 3.18. The first kappa shape index (κ1) is 15.1. The van der Waals surface area contributed by atoms with E-state index in [1.54, 1.807) is 0 Å². The van der Waals surface area contributed by atoms with Crippen LogP contribution in [0.2, 0.25) is 0 Å². The summed E-state index contributed by atoms with van der Waals surface area (Å²) in [4.78, 5) is 0. The average Bonchev–Trinajstić information content (AvgIpc) is 2.25. The highest BCUT2D eigenvalue weighted by Crippen LogP contribution is 2.31. The van der Waals surface area contributed by atoms with Gasteiger partial charge >= 0.3 is 0 Å². The topological polar surface area (TPSA) is 18.5 Å². The second-order valence-corrected chi connectivity index (χ2v) is 4.69. The Kier molecular flexibility index (Phi) is 8.38. The van der Waals surface area contributed by atoms with Crippen LogP contribution in [0.3, 0.4) is 0 Å². The van der Waals surface area contributed by atoms with Crippen molar-refractivity contribution >= 4 is 10.5 Å². The largest absolute Gasteiger partial charge is 0.420 e. The lowest BCUT2D eigenvalue weighted by atomic mass is 9.85. The van der Waals surface area contributed by atoms with E-state index in [-0.39, 0.29) is 11.7 Å². The van der Waals surface area contributed by atoms with E-state index in [1.165, 1.54) is 19.3 Å². The van der Waals surface area contributed by atoms with Crippen molar-refractivity contribution in [3.63, 3.8) is 0 Å². The van der Waals surface area contributed by atoms with Crippen LogP contribution in [-0.2, 0) is 9.16 Å². The van der Waals surface area contributed by atoms with E-state index in [2.05, 4.69) is 20.8 Å². The van der Waals surface area contributed by atoms with Crippen molar-refractivity contribution in [2.45, 2.75) is 71.0 Å². The lowest BCUT2D eigenvalue weighted by Crippen LogP contribution is -2.45. The van der Waals surface area contributed by atoms with Crippen LogP contribution in [0.15, 0.2) is 0 Å². The summed E-state index contributed by atoms with van der Waals surface area (Å²) in [6.45, 7) is 6.66. The number of rotatable bonds is 9. The fourth-order valence-corrected chi connectivity index (χ4v) is 3.16. The maximum absolute atomic E-state index is 5.94. The highest BCUT2D eigenvalue weighted by Gasteiger charge is 2.36. The number of methoxy groups -OCH3 is 1. The zero-order valence-electron chi connectivity index (χ0n) is 11.1. The smallest absolute Gasteiger partial charge is 0.146 e. The molecule has 0 aliphatic heterocycles. The number of hydrogen-bond donors (Lipinski definition) is 0. The summed E-state index contributed by atoms with van der Waals surface area (Å²) in [5.41, 5.74) is 0.000478. The summed E-state index contributed by atoms with van der Waals surface area (Å²) in [6.07, 6.45) is 7.15. The minimum Gasteiger partial charge on any atom is -0.420 e. The molecule has 2 nitrogen and oxygen atoms in total. The lowest BCUT2D eigenvalue weighted by Gasteiger charge is -2.39. The molecule has 0 aliphatic rings. The Morgan fingerprint density at radius 2 is 1.60 bits per heavy atom. The van der Waals surface area contributed by atoms with Crippen LogP contribution < -0.4 is 0 Å². The van der Waals surface area contributed by atoms with Gasteiger partial charge in [-0.25, -0.2) is 0 Å². The molecule has 0 aromatic rings. The molecule has 0 fully saturated rings. The molecule has 0 radical (unpaired) electrons. The van der Waals surface area contributed by atoms with Gasteiger partial charge < -0.3 is 9.16 Å². The van der Waals surface area contributed by atoms with Gasteiger partial charge in [0.05, 0.1) is 11.7 Å². The Balaban J connectivity index is 4.65. The highest BCUT2D eigenvalue weighted by molar-refractivity contribution is 5.98. The van der Waals surface area contributed by atoms with Gasteiger partial charge in [-0.05, 0) is 19.3 Å². The van der Waals surface area contributed by atoms with Gasteiger partial charge in [-0.3, -0.25) is 0 Å². The van der Waals surface area contributed by atoms with Crippen LogP contribution in [-0.4, -0.2) is 29.3 Å². The Bertz CT molecular complexity index is 145. The molecule has 1 atom stereocenters. The SMILES string of the molecule is CCCC(OC)C(CCC)(CCC)O[SiH3]. The van der Waals surface area contributed by atoms with Gasteiger partial charge in [0.1, 0.15) is 10.5 Å². The minimum absolute atomic E-state index is 0.000478. The van der Waals surface area contributed by atoms with E-state index in [0.717, 1.165) is 29.7 Å². The van der Waals surface area contributed by atoms with Crippen LogP contribution in [0.4, 0.5) is 0 Å². The molecule has 1 unspecified atom stereocenters. The van der Waals surface area contributed by atoms with Gasteiger partial charge in [0.2, 0.25) is 0 Å². The third-order valence-corrected chi connectivity index (χ3v) is 3.99. The predicted molar refractivity (Wildman–Crippen MR) is 69.3 cm³/mol. The summed E-state index contributed by atoms with van der Waals surface area (Å²) >= 11 is 0. The van der Waals surface area contributed by atoms with Gasteiger partial charge in [0.25, 0.3) is 0 Å². The van der Waals surface area contributed by atoms with Crippen LogP contribution in [0.5, 0.6) is 0 Å². The molecule has 0 aromatic carbocycles. The zero-order valence-corrected chi connectivity index (χ0v) is 13.1. The Labute approximate surface area is 98.3 Å². The summed E-state index contributed by atoms with van der Waals surface area (Å²) in [5, 5.41) is 0. The van der Waals surface area contributed by atoms with Crippen molar-refractivity contribution in [1.29, 1.82) is 0 Å². The van der Waals surface area contributed by atoms with Crippen LogP contribution >= 0.6 is 0 Å². The molecular weight excluding hydrogens is 204 g/mol. The Morgan fingerprint density at radius 1 is 1.07 bits per heavy atom. The lowest BCUT2D eigenvalue weighted by molar-refractivity contribution is -0.0864. The van der Waals surface area contributed by atoms with Crippen molar-refractivity contribution < 1.29 is 9.16 Å². The molecule has 0 bridgehead atoms. The van der Waals surface area contributed by atoms with Crippen LogP contribution in [0.25, 0.3) is 0 Å². The van der Waals surface area contributed by atoms with Gasteiger partial charge in [0.15, 0.2) is 0 Å². The summed E-state index contributed by atoms with van der Waals surface area (Å²) in [6, 6.07) is 0. The minimum atomic E-state index is 0.000478. The number of ether oxygens (including phenoxy) is 1. The molecular formula is C12H28O2Si. The summed E-state index contributed by atoms with van der Waals surface area (Å²) in [5.74, 6) is 0. The Morgan fingerprint density at radius 3 is 1.87 bits per heavy atom. The molecule has 0 saturated carbocycles. The second kappa shape index (κ2) is 8.31. The molecule has 0 aliphatic carbocycles. The molecule has 0 N–H and O–H groups in total. The quantitative estimate of drug-likeness (QED) is 0.569. The fraction of sp³-hybridized carbons (Fsp3) is 1.00. The van der Waals surface area contributed by atoms with E-state index in [0.29, 0.717) is 0 Å². The average molecular weight is 232 g/mol. The molecule has 0 heterocycles. The normalized spacial score (nSPS) is 14.4. The highest BCUT2D eigenvalue weighted by atomic mass is 28.2. The molecule has 0 spiro atoms. The fourth-order valence-electron chi connectivity index (χ4n) is 2.49. The van der Waals surface area contributed by atoms with Crippen molar-refractivity contribution in [2.24, 2.45) is 0 Å². The van der Waals surface area contributed by atoms with Crippen molar-refractivity contribution in [3.8, 4) is 0 Å². The molecule has 0 rings (SSSR count). The Hall–Kier alpha value is 0.137. The zero-order chi connectivity index (χ0) is 11.7. The molecule has 0 aromatic heterocycles. The maximum Gasteiger partial charge on any atom is 0.146 e. The van der Waals surface area contributed by atoms with Crippen LogP contribution in [0, 0.1) is 0 Å². The first-order valence-corrected chi connectivity index (χ1v) is 7.10. The van der Waals surface area contributed by atoms with E-state index in [1.807, 2.05) is 7.11 Å². The summed E-state index contributed by atoms with van der Waals surface area (Å²) < 4.78 is 11.6. The predicted octanol–water partition coefficient (Wildman–Crippen LogP) is 2.44. The van der Waals surface area contributed by atoms with Crippen LogP contribution in [0.1, 0.15) is 59.3 Å². The van der Waals surface area contributed by atoms with E-state index in [4.69, 9.17) is 9.16 Å². The monoisotopic (exact) mass is 232 g/mol. The van der Waals surface area contributed by atoms with Crippen molar-refractivity contribution in [3.05, 3.63) is 0 Å². The van der Waals surface area contributed by atoms with Gasteiger partial charge in [-0.1, -0.05) is 40.0 Å².